The fraction of sp³-hybridized carbons (Fsp3) is 0.227. The van der Waals surface area contributed by atoms with Crippen LogP contribution in [0.15, 0.2) is 109 Å². The summed E-state index contributed by atoms with van der Waals surface area (Å²) in [6.07, 6.45) is 0. The maximum Gasteiger partial charge on any atom is 0.487 e. The minimum Gasteiger partial charge on any atom is -0.423 e. The summed E-state index contributed by atoms with van der Waals surface area (Å²) in [5.74, 6) is 0.911. The van der Waals surface area contributed by atoms with Gasteiger partial charge in [-0.05, 0) is 89.6 Å². The summed E-state index contributed by atoms with van der Waals surface area (Å²) in [7, 11) is -1.49. The van der Waals surface area contributed by atoms with E-state index in [0.717, 1.165) is 33.5 Å². The van der Waals surface area contributed by atoms with E-state index in [1.165, 1.54) is 30.3 Å². The van der Waals surface area contributed by atoms with Gasteiger partial charge in [0.15, 0.2) is 16.5 Å². The van der Waals surface area contributed by atoms with E-state index < -0.39 is 7.12 Å². The van der Waals surface area contributed by atoms with Gasteiger partial charge in [0.25, 0.3) is 0 Å². The highest BCUT2D eigenvalue weighted by atomic mass is 35.5. The highest BCUT2D eigenvalue weighted by Gasteiger charge is 2.22. The largest absolute Gasteiger partial charge is 0.487 e. The first-order chi connectivity index (χ1) is 27.5. The number of nitrogens with one attached hydrogen (secondary N) is 2. The Hall–Kier alpha value is -6.25. The van der Waals surface area contributed by atoms with E-state index in [9.17, 15) is 8.78 Å². The molecule has 0 aliphatic carbocycles. The summed E-state index contributed by atoms with van der Waals surface area (Å²) in [6, 6.07) is 30.5. The molecule has 4 aromatic carbocycles. The molecule has 14 heteroatoms. The number of halogens is 3. The van der Waals surface area contributed by atoms with Crippen molar-refractivity contribution in [2.24, 2.45) is 0 Å². The second kappa shape index (κ2) is 20.3. The number of hydrogen-bond donors (Lipinski definition) is 4. The monoisotopic (exact) mass is 800 g/mol. The molecule has 0 radical (unpaired) electrons. The number of aromatic nitrogens is 4. The molecule has 4 N–H and O–H groups in total. The molecular formula is C44H44BClF2N8O2. The Kier molecular flexibility index (Phi) is 15.5. The molecule has 0 aliphatic heterocycles. The molecule has 6 rings (SSSR count). The van der Waals surface area contributed by atoms with Crippen LogP contribution in [0.1, 0.15) is 49.9 Å². The molecule has 6 aromatic rings. The van der Waals surface area contributed by atoms with E-state index in [2.05, 4.69) is 68.4 Å². The van der Waals surface area contributed by atoms with Gasteiger partial charge in [0.2, 0.25) is 0 Å². The van der Waals surface area contributed by atoms with Gasteiger partial charge in [-0.3, -0.25) is 0 Å². The predicted octanol–water partition coefficient (Wildman–Crippen LogP) is 9.42. The smallest absolute Gasteiger partial charge is 0.423 e. The first-order valence-electron chi connectivity index (χ1n) is 18.2. The number of aryl methyl sites for hydroxylation is 2. The molecule has 10 nitrogen and oxygen atoms in total. The van der Waals surface area contributed by atoms with E-state index >= 15 is 0 Å². The third-order valence-electron chi connectivity index (χ3n) is 9.13. The molecule has 0 bridgehead atoms. The Morgan fingerprint density at radius 3 is 1.57 bits per heavy atom. The average Bonchev–Trinajstić information content (AvgIpc) is 3.21. The van der Waals surface area contributed by atoms with Crippen molar-refractivity contribution < 1.29 is 18.8 Å². The van der Waals surface area contributed by atoms with Gasteiger partial charge in [-0.15, -0.1) is 20.4 Å². The fourth-order valence-corrected chi connectivity index (χ4v) is 5.61. The van der Waals surface area contributed by atoms with E-state index in [-0.39, 0.29) is 22.5 Å². The molecule has 2 aromatic heterocycles. The number of anilines is 2. The van der Waals surface area contributed by atoms with Crippen molar-refractivity contribution in [2.75, 3.05) is 23.7 Å². The Morgan fingerprint density at radius 2 is 1.10 bits per heavy atom. The molecule has 0 atom stereocenters. The third kappa shape index (κ3) is 12.9. The topological polar surface area (TPSA) is 125 Å². The van der Waals surface area contributed by atoms with Gasteiger partial charge in [0.1, 0.15) is 23.3 Å². The van der Waals surface area contributed by atoms with Crippen molar-refractivity contribution in [3.63, 3.8) is 0 Å². The third-order valence-corrected chi connectivity index (χ3v) is 9.50. The lowest BCUT2D eigenvalue weighted by molar-refractivity contribution is 0.426. The lowest BCUT2D eigenvalue weighted by Crippen LogP contribution is -2.29. The summed E-state index contributed by atoms with van der Waals surface area (Å²) in [5, 5.41) is 40.9. The number of nitrogens with zero attached hydrogens (tertiary/aromatic N) is 6. The van der Waals surface area contributed by atoms with Crippen LogP contribution in [0.4, 0.5) is 31.8 Å². The lowest BCUT2D eigenvalue weighted by Gasteiger charge is -2.26. The van der Waals surface area contributed by atoms with Crippen LogP contribution in [0.25, 0.3) is 20.9 Å². The minimum atomic E-state index is -1.49. The van der Waals surface area contributed by atoms with Crippen LogP contribution in [0.2, 0.25) is 5.15 Å². The molecular weight excluding hydrogens is 757 g/mol. The highest BCUT2D eigenvalue weighted by Crippen LogP contribution is 2.28. The summed E-state index contributed by atoms with van der Waals surface area (Å²) in [4.78, 5) is 6.60. The maximum absolute atomic E-state index is 13.1. The van der Waals surface area contributed by atoms with Crippen LogP contribution in [0.3, 0.4) is 0 Å². The first-order valence-corrected chi connectivity index (χ1v) is 18.5. The van der Waals surface area contributed by atoms with E-state index in [1.54, 1.807) is 48.5 Å². The van der Waals surface area contributed by atoms with Crippen LogP contribution in [0, 0.1) is 38.6 Å². The Labute approximate surface area is 343 Å². The molecule has 0 fully saturated rings. The molecule has 0 amide bonds. The van der Waals surface area contributed by atoms with Gasteiger partial charge >= 0.3 is 7.12 Å². The Bertz CT molecular complexity index is 2380. The summed E-state index contributed by atoms with van der Waals surface area (Å²) >= 11 is 5.84. The molecule has 2 heterocycles. The van der Waals surface area contributed by atoms with Crippen LogP contribution in [-0.2, 0) is 10.8 Å². The zero-order chi connectivity index (χ0) is 42.5. The van der Waals surface area contributed by atoms with Crippen molar-refractivity contribution in [1.29, 1.82) is 0 Å². The van der Waals surface area contributed by atoms with Gasteiger partial charge in [-0.2, -0.15) is 0 Å². The van der Waals surface area contributed by atoms with Gasteiger partial charge in [-0.1, -0.05) is 106 Å². The molecule has 0 unspecified atom stereocenters. The predicted molar refractivity (Wildman–Crippen MR) is 229 cm³/mol. The van der Waals surface area contributed by atoms with E-state index in [1.807, 2.05) is 44.2 Å². The van der Waals surface area contributed by atoms with Gasteiger partial charge in [0.05, 0.1) is 18.8 Å². The number of rotatable bonds is 10. The van der Waals surface area contributed by atoms with Crippen molar-refractivity contribution in [2.45, 2.75) is 52.4 Å². The minimum absolute atomic E-state index is 0.150. The van der Waals surface area contributed by atoms with Crippen LogP contribution >= 0.6 is 11.6 Å². The van der Waals surface area contributed by atoms with Gasteiger partial charge in [-0.25, -0.2) is 18.5 Å². The SMILES string of the molecule is Cc1cc(NCC(C)(C)c2ccc(F)cc2)nnc1Cl.[C-]#[N+]c1cccc(-c2nnc(NCC(C)(C)c3ccc(F)cc3)cc2C)c1.[C-]#[N+]c1cccc(B(O)O)c1. The first kappa shape index (κ1) is 44.5. The second-order valence-electron chi connectivity index (χ2n) is 14.7. The zero-order valence-corrected chi connectivity index (χ0v) is 33.9. The van der Waals surface area contributed by atoms with Crippen molar-refractivity contribution in [3.05, 3.63) is 171 Å². The lowest BCUT2D eigenvalue weighted by atomic mass is 9.80. The summed E-state index contributed by atoms with van der Waals surface area (Å²) < 4.78 is 26.1. The standard InChI is InChI=1S/C22H21FN4.C15H17ClFN3.C7H6BNO2/c1-15-12-20(25-14-22(2,3)17-8-10-18(23)11-9-17)26-27-21(15)16-6-5-7-19(13-16)24-4;1-10-8-13(19-20-14(10)16)18-9-15(2,3)11-4-6-12(17)7-5-11;1-9-7-4-2-3-6(5-7)8(10)11/h5-13H,14H2,1-3H3,(H,25,26);4-8H,9H2,1-3H3,(H,18,19);2-5,10-11H. The Balaban J connectivity index is 0.000000210. The summed E-state index contributed by atoms with van der Waals surface area (Å²) in [6.45, 7) is 27.3. The van der Waals surface area contributed by atoms with Gasteiger partial charge in [0, 0.05) is 23.9 Å². The maximum atomic E-state index is 13.1. The van der Waals surface area contributed by atoms with Gasteiger partial charge < -0.3 is 20.7 Å². The van der Waals surface area contributed by atoms with Crippen molar-refractivity contribution in [1.82, 2.24) is 20.4 Å². The van der Waals surface area contributed by atoms with Crippen molar-refractivity contribution >= 4 is 47.2 Å². The quantitative estimate of drug-likeness (QED) is 0.0799. The van der Waals surface area contributed by atoms with Crippen LogP contribution < -0.4 is 16.1 Å². The number of hydrogen-bond acceptors (Lipinski definition) is 8. The zero-order valence-electron chi connectivity index (χ0n) is 33.1. The fourth-order valence-electron chi connectivity index (χ4n) is 5.52. The Morgan fingerprint density at radius 1 is 0.638 bits per heavy atom. The van der Waals surface area contributed by atoms with Crippen LogP contribution in [-0.4, -0.2) is 50.7 Å². The summed E-state index contributed by atoms with van der Waals surface area (Å²) in [5.41, 5.74) is 6.62. The molecule has 0 saturated carbocycles. The average molecular weight is 801 g/mol. The second-order valence-corrected chi connectivity index (χ2v) is 15.1. The molecule has 296 valence electrons. The van der Waals surface area contributed by atoms with E-state index in [0.29, 0.717) is 46.7 Å². The highest BCUT2D eigenvalue weighted by molar-refractivity contribution is 6.58. The molecule has 0 saturated heterocycles. The van der Waals surface area contributed by atoms with Crippen molar-refractivity contribution in [3.8, 4) is 11.3 Å². The van der Waals surface area contributed by atoms with E-state index in [4.69, 9.17) is 34.8 Å². The molecule has 0 aliphatic rings. The van der Waals surface area contributed by atoms with Crippen LogP contribution in [0.5, 0.6) is 0 Å². The number of benzene rings is 4. The normalized spacial score (nSPS) is 10.8. The molecule has 58 heavy (non-hydrogen) atoms. The molecule has 0 spiro atoms.